The minimum absolute atomic E-state index is 0.143. The molecule has 0 saturated carbocycles. The van der Waals surface area contributed by atoms with Crippen LogP contribution < -0.4 is 5.32 Å². The molecule has 1 unspecified atom stereocenters. The Hall–Kier alpha value is -2.86. The molecular weight excluding hydrogens is 577 g/mol. The smallest absolute Gasteiger partial charge is 0.270 e. The average molecular weight is 617 g/mol. The molecule has 0 radical (unpaired) electrons. The van der Waals surface area contributed by atoms with Gasteiger partial charge in [-0.3, -0.25) is 14.7 Å². The van der Waals surface area contributed by atoms with Gasteiger partial charge in [0.15, 0.2) is 0 Å². The lowest BCUT2D eigenvalue weighted by molar-refractivity contribution is -0.124. The van der Waals surface area contributed by atoms with Crippen LogP contribution in [-0.2, 0) is 28.2 Å². The summed E-state index contributed by atoms with van der Waals surface area (Å²) in [7, 11) is -1.40. The van der Waals surface area contributed by atoms with E-state index in [9.17, 15) is 27.3 Å². The first-order chi connectivity index (χ1) is 20.3. The van der Waals surface area contributed by atoms with Crippen molar-refractivity contribution in [1.29, 1.82) is 0 Å². The van der Waals surface area contributed by atoms with Crippen molar-refractivity contribution in [3.8, 4) is 0 Å². The summed E-state index contributed by atoms with van der Waals surface area (Å²) in [6, 6.07) is 10.1. The predicted octanol–water partition coefficient (Wildman–Crippen LogP) is 4.76. The molecular formula is C32H39F3N4O3S. The zero-order chi connectivity index (χ0) is 31.0. The van der Waals surface area contributed by atoms with Crippen molar-refractivity contribution in [3.05, 3.63) is 75.2 Å². The van der Waals surface area contributed by atoms with Crippen molar-refractivity contribution in [3.63, 3.8) is 0 Å². The van der Waals surface area contributed by atoms with Gasteiger partial charge in [0.1, 0.15) is 29.0 Å². The monoisotopic (exact) mass is 616 g/mol. The summed E-state index contributed by atoms with van der Waals surface area (Å²) >= 11 is 0. The largest absolute Gasteiger partial charge is 0.387 e. The lowest BCUT2D eigenvalue weighted by Gasteiger charge is -2.36. The number of alkyl halides is 3. The molecule has 0 aliphatic carbocycles. The third-order valence-electron chi connectivity index (χ3n) is 8.87. The number of nitrogens with zero attached hydrogens (tertiary/aromatic N) is 3. The Kier molecular flexibility index (Phi) is 9.00. The fraction of sp³-hybridized carbons (Fsp3) is 0.500. The van der Waals surface area contributed by atoms with E-state index >= 15 is 0 Å². The molecule has 7 nitrogen and oxygen atoms in total. The zero-order valence-corrected chi connectivity index (χ0v) is 25.7. The number of halogens is 3. The van der Waals surface area contributed by atoms with Gasteiger partial charge in [-0.1, -0.05) is 30.3 Å². The van der Waals surface area contributed by atoms with E-state index in [2.05, 4.69) is 27.3 Å². The highest BCUT2D eigenvalue weighted by Gasteiger charge is 2.46. The summed E-state index contributed by atoms with van der Waals surface area (Å²) in [4.78, 5) is 19.9. The summed E-state index contributed by atoms with van der Waals surface area (Å²) in [6.45, 7) is 7.00. The van der Waals surface area contributed by atoms with Gasteiger partial charge >= 0.3 is 0 Å². The van der Waals surface area contributed by atoms with E-state index in [1.165, 1.54) is 18.2 Å². The number of benzene rings is 2. The number of carbonyl (C=O) groups is 1. The van der Waals surface area contributed by atoms with Crippen molar-refractivity contribution in [2.45, 2.75) is 70.1 Å². The molecule has 3 aliphatic rings. The highest BCUT2D eigenvalue weighted by Crippen LogP contribution is 2.33. The van der Waals surface area contributed by atoms with Crippen molar-refractivity contribution in [2.75, 3.05) is 32.9 Å². The highest BCUT2D eigenvalue weighted by molar-refractivity contribution is 7.85. The molecule has 5 rings (SSSR count). The molecule has 2 saturated heterocycles. The average Bonchev–Trinajstić information content (AvgIpc) is 3.29. The Morgan fingerprint density at radius 1 is 1.07 bits per heavy atom. The van der Waals surface area contributed by atoms with E-state index in [0.717, 1.165) is 35.7 Å². The zero-order valence-electron chi connectivity index (χ0n) is 24.8. The fourth-order valence-corrected chi connectivity index (χ4v) is 7.08. The number of hydrogen-bond acceptors (Lipinski definition) is 5. The molecule has 2 fully saturated rings. The number of nitrogens with one attached hydrogen (secondary N) is 1. The lowest BCUT2D eigenvalue weighted by atomic mass is 9.89. The maximum Gasteiger partial charge on any atom is 0.270 e. The van der Waals surface area contributed by atoms with Crippen molar-refractivity contribution < 1.29 is 27.3 Å². The molecule has 2 aromatic carbocycles. The Morgan fingerprint density at radius 2 is 1.72 bits per heavy atom. The molecule has 2 aromatic rings. The number of aryl methyl sites for hydroxylation is 2. The van der Waals surface area contributed by atoms with Crippen LogP contribution in [0.1, 0.15) is 66.0 Å². The molecule has 2 N–H and O–H groups in total. The molecule has 1 atom stereocenters. The second-order valence-electron chi connectivity index (χ2n) is 12.2. The van der Waals surface area contributed by atoms with Gasteiger partial charge in [-0.25, -0.2) is 21.7 Å². The normalized spacial score (nSPS) is 21.7. The second-order valence-corrected chi connectivity index (χ2v) is 13.5. The predicted molar refractivity (Wildman–Crippen MR) is 163 cm³/mol. The Morgan fingerprint density at radius 3 is 2.33 bits per heavy atom. The number of aliphatic hydroxyl groups is 1. The molecule has 0 aromatic heterocycles. The molecule has 232 valence electrons. The number of carbonyl (C=O) groups excluding carboxylic acids is 1. The maximum atomic E-state index is 13.8. The quantitative estimate of drug-likeness (QED) is 0.448. The topological polar surface area (TPSA) is 85.2 Å². The first-order valence-electron chi connectivity index (χ1n) is 14.7. The summed E-state index contributed by atoms with van der Waals surface area (Å²) in [5.74, 6) is -2.97. The van der Waals surface area contributed by atoms with E-state index < -0.39 is 34.7 Å². The van der Waals surface area contributed by atoms with Crippen molar-refractivity contribution in [1.82, 2.24) is 14.5 Å². The molecule has 3 heterocycles. The Bertz CT molecular complexity index is 1430. The Balaban J connectivity index is 1.20. The number of amidine groups is 1. The summed E-state index contributed by atoms with van der Waals surface area (Å²) < 4.78 is 55.7. The standard InChI is InChI=1S/C32H39F3N4O3S/c1-22-17-24(20-38-12-8-31(41,21-33)9-13-38)18-23(2)27(22)7-16-43(42)39-14-10-32(11-15-39)29(40)36-28(37-32)25-5-4-6-26(19-25)30(3,34)35/h4-7,16-19,41H,8-15,20-21H2,1-3H3,(H,36,37,40)/b16-7+. The number of piperidine rings is 2. The van der Waals surface area contributed by atoms with E-state index in [0.29, 0.717) is 63.3 Å². The first-order valence-corrected chi connectivity index (χ1v) is 15.8. The molecule has 43 heavy (non-hydrogen) atoms. The van der Waals surface area contributed by atoms with Crippen molar-refractivity contribution in [2.24, 2.45) is 4.99 Å². The lowest BCUT2D eigenvalue weighted by Crippen LogP contribution is -2.49. The molecule has 1 spiro atoms. The Labute approximate surface area is 253 Å². The minimum Gasteiger partial charge on any atom is -0.387 e. The number of rotatable bonds is 8. The molecule has 11 heteroatoms. The number of amides is 1. The SMILES string of the molecule is Cc1cc(CN2CCC(O)(CF)CC2)cc(C)c1/C=C/S(=O)N1CCC2(CC1)N=C(c1cccc(C(C)(F)F)c1)NC2=O. The fourth-order valence-electron chi connectivity index (χ4n) is 6.12. The van der Waals surface area contributed by atoms with Crippen LogP contribution >= 0.6 is 0 Å². The van der Waals surface area contributed by atoms with Gasteiger partial charge in [0.05, 0.1) is 5.60 Å². The van der Waals surface area contributed by atoms with Gasteiger partial charge in [0, 0.05) is 56.2 Å². The third-order valence-corrected chi connectivity index (χ3v) is 10.1. The second kappa shape index (κ2) is 12.3. The van der Waals surface area contributed by atoms with Crippen molar-refractivity contribution >= 4 is 28.8 Å². The van der Waals surface area contributed by atoms with Gasteiger partial charge in [-0.05, 0) is 73.9 Å². The van der Waals surface area contributed by atoms with Gasteiger partial charge < -0.3 is 10.4 Å². The summed E-state index contributed by atoms with van der Waals surface area (Å²) in [5, 5.41) is 14.6. The number of hydrogen-bond donors (Lipinski definition) is 2. The van der Waals surface area contributed by atoms with E-state index in [1.807, 2.05) is 24.2 Å². The van der Waals surface area contributed by atoms with Gasteiger partial charge in [-0.2, -0.15) is 0 Å². The number of aliphatic imine (C=N–C) groups is 1. The molecule has 1 amide bonds. The third kappa shape index (κ3) is 6.95. The van der Waals surface area contributed by atoms with Gasteiger partial charge in [0.25, 0.3) is 11.8 Å². The van der Waals surface area contributed by atoms with E-state index in [-0.39, 0.29) is 11.5 Å². The van der Waals surface area contributed by atoms with E-state index in [1.54, 1.807) is 11.5 Å². The van der Waals surface area contributed by atoms with Crippen LogP contribution in [0, 0.1) is 13.8 Å². The van der Waals surface area contributed by atoms with Crippen LogP contribution in [0.3, 0.4) is 0 Å². The van der Waals surface area contributed by atoms with E-state index in [4.69, 9.17) is 0 Å². The summed E-state index contributed by atoms with van der Waals surface area (Å²) in [5.41, 5.74) is 2.38. The first kappa shape index (κ1) is 31.6. The highest BCUT2D eigenvalue weighted by atomic mass is 32.2. The maximum absolute atomic E-state index is 13.8. The van der Waals surface area contributed by atoms with Crippen LogP contribution in [0.2, 0.25) is 0 Å². The van der Waals surface area contributed by atoms with Crippen LogP contribution in [0.25, 0.3) is 6.08 Å². The van der Waals surface area contributed by atoms with Gasteiger partial charge in [-0.15, -0.1) is 0 Å². The minimum atomic E-state index is -3.00. The van der Waals surface area contributed by atoms with Crippen LogP contribution in [0.15, 0.2) is 46.8 Å². The van der Waals surface area contributed by atoms with Crippen LogP contribution in [-0.4, -0.2) is 74.3 Å². The summed E-state index contributed by atoms with van der Waals surface area (Å²) in [6.07, 6.45) is 3.48. The van der Waals surface area contributed by atoms with Gasteiger partial charge in [0.2, 0.25) is 0 Å². The number of likely N-dealkylation sites (tertiary alicyclic amines) is 1. The van der Waals surface area contributed by atoms with Crippen LogP contribution in [0.5, 0.6) is 0 Å². The van der Waals surface area contributed by atoms with Crippen LogP contribution in [0.4, 0.5) is 13.2 Å². The molecule has 0 bridgehead atoms. The molecule has 3 aliphatic heterocycles.